The van der Waals surface area contributed by atoms with Crippen LogP contribution >= 0.6 is 11.8 Å². The Labute approximate surface area is 139 Å². The molecule has 0 unspecified atom stereocenters. The van der Waals surface area contributed by atoms with Crippen molar-refractivity contribution in [2.45, 2.75) is 32.6 Å². The van der Waals surface area contributed by atoms with E-state index in [1.807, 2.05) is 45.0 Å². The fourth-order valence-electron chi connectivity index (χ4n) is 1.94. The topological polar surface area (TPSA) is 81.9 Å². The number of ether oxygens (including phenoxy) is 1. The molecule has 23 heavy (non-hydrogen) atoms. The van der Waals surface area contributed by atoms with Crippen LogP contribution in [0.4, 0.5) is 5.69 Å². The standard InChI is InChI=1S/C15H21N5O2S/c1-4-22-13-7-5-12(6-8-13)16-15(21)10-23-9-14-17-18-19-20(14)11(2)3/h5-8,11H,4,9-10H2,1-3H3,(H,16,21). The summed E-state index contributed by atoms with van der Waals surface area (Å²) >= 11 is 1.48. The van der Waals surface area contributed by atoms with Gasteiger partial charge in [0.15, 0.2) is 5.82 Å². The lowest BCUT2D eigenvalue weighted by Crippen LogP contribution is -2.14. The van der Waals surface area contributed by atoms with Crippen LogP contribution in [0.15, 0.2) is 24.3 Å². The van der Waals surface area contributed by atoms with Gasteiger partial charge in [0.05, 0.1) is 24.2 Å². The maximum atomic E-state index is 11.9. The third-order valence-electron chi connectivity index (χ3n) is 2.96. The van der Waals surface area contributed by atoms with Crippen LogP contribution in [0.1, 0.15) is 32.6 Å². The van der Waals surface area contributed by atoms with Crippen molar-refractivity contribution in [2.75, 3.05) is 17.7 Å². The third-order valence-corrected chi connectivity index (χ3v) is 3.89. The molecule has 1 amide bonds. The molecule has 2 aromatic rings. The number of nitrogens with one attached hydrogen (secondary N) is 1. The van der Waals surface area contributed by atoms with Gasteiger partial charge in [-0.05, 0) is 55.5 Å². The van der Waals surface area contributed by atoms with Gasteiger partial charge in [0.25, 0.3) is 0 Å². The van der Waals surface area contributed by atoms with E-state index < -0.39 is 0 Å². The van der Waals surface area contributed by atoms with Crippen molar-refractivity contribution < 1.29 is 9.53 Å². The zero-order chi connectivity index (χ0) is 16.7. The monoisotopic (exact) mass is 335 g/mol. The molecule has 1 heterocycles. The average molecular weight is 335 g/mol. The molecule has 8 heteroatoms. The molecule has 0 saturated carbocycles. The number of hydrogen-bond acceptors (Lipinski definition) is 6. The van der Waals surface area contributed by atoms with Gasteiger partial charge in [-0.2, -0.15) is 0 Å². The molecule has 7 nitrogen and oxygen atoms in total. The summed E-state index contributed by atoms with van der Waals surface area (Å²) in [5, 5.41) is 14.4. The Morgan fingerprint density at radius 3 is 2.74 bits per heavy atom. The first-order valence-corrected chi connectivity index (χ1v) is 8.62. The summed E-state index contributed by atoms with van der Waals surface area (Å²) in [6.07, 6.45) is 0. The molecule has 0 aliphatic heterocycles. The van der Waals surface area contributed by atoms with Gasteiger partial charge in [-0.25, -0.2) is 4.68 Å². The minimum atomic E-state index is -0.0530. The minimum absolute atomic E-state index is 0.0530. The first-order chi connectivity index (χ1) is 11.1. The van der Waals surface area contributed by atoms with E-state index in [1.54, 1.807) is 4.68 Å². The van der Waals surface area contributed by atoms with Gasteiger partial charge in [0.1, 0.15) is 5.75 Å². The highest BCUT2D eigenvalue weighted by atomic mass is 32.2. The number of carbonyl (C=O) groups excluding carboxylic acids is 1. The summed E-state index contributed by atoms with van der Waals surface area (Å²) in [7, 11) is 0. The van der Waals surface area contributed by atoms with Crippen LogP contribution in [0.3, 0.4) is 0 Å². The van der Waals surface area contributed by atoms with Crippen molar-refractivity contribution in [3.05, 3.63) is 30.1 Å². The predicted octanol–water partition coefficient (Wildman–Crippen LogP) is 2.52. The summed E-state index contributed by atoms with van der Waals surface area (Å²) in [5.41, 5.74) is 0.756. The second-order valence-electron chi connectivity index (χ2n) is 5.13. The van der Waals surface area contributed by atoms with E-state index >= 15 is 0 Å². The van der Waals surface area contributed by atoms with Crippen molar-refractivity contribution in [3.63, 3.8) is 0 Å². The molecule has 124 valence electrons. The Balaban J connectivity index is 1.77. The summed E-state index contributed by atoms with van der Waals surface area (Å²) in [5.74, 6) is 2.46. The number of anilines is 1. The zero-order valence-electron chi connectivity index (χ0n) is 13.5. The molecule has 2 rings (SSSR count). The predicted molar refractivity (Wildman–Crippen MR) is 90.6 cm³/mol. The minimum Gasteiger partial charge on any atom is -0.494 e. The highest BCUT2D eigenvalue weighted by Gasteiger charge is 2.10. The van der Waals surface area contributed by atoms with Crippen LogP contribution in [-0.4, -0.2) is 38.5 Å². The summed E-state index contributed by atoms with van der Waals surface area (Å²) < 4.78 is 7.13. The van der Waals surface area contributed by atoms with Gasteiger partial charge in [0.2, 0.25) is 5.91 Å². The number of hydrogen-bond donors (Lipinski definition) is 1. The highest BCUT2D eigenvalue weighted by Crippen LogP contribution is 2.17. The molecule has 0 bridgehead atoms. The molecule has 0 radical (unpaired) electrons. The molecule has 0 atom stereocenters. The molecule has 1 aromatic carbocycles. The summed E-state index contributed by atoms with van der Waals surface area (Å²) in [6.45, 7) is 6.59. The summed E-state index contributed by atoms with van der Waals surface area (Å²) in [6, 6.07) is 7.53. The molecular formula is C15H21N5O2S. The van der Waals surface area contributed by atoms with Crippen molar-refractivity contribution >= 4 is 23.4 Å². The SMILES string of the molecule is CCOc1ccc(NC(=O)CSCc2nnnn2C(C)C)cc1. The van der Waals surface area contributed by atoms with E-state index in [-0.39, 0.29) is 11.9 Å². The quantitative estimate of drug-likeness (QED) is 0.798. The Morgan fingerprint density at radius 1 is 1.35 bits per heavy atom. The van der Waals surface area contributed by atoms with E-state index in [2.05, 4.69) is 20.8 Å². The number of amides is 1. The molecular weight excluding hydrogens is 314 g/mol. The molecule has 0 saturated heterocycles. The number of carbonyl (C=O) groups is 1. The number of rotatable bonds is 8. The number of nitrogens with zero attached hydrogens (tertiary/aromatic N) is 4. The molecule has 0 fully saturated rings. The van der Waals surface area contributed by atoms with Crippen molar-refractivity contribution in [3.8, 4) is 5.75 Å². The van der Waals surface area contributed by atoms with Crippen LogP contribution in [0.5, 0.6) is 5.75 Å². The van der Waals surface area contributed by atoms with Gasteiger partial charge in [-0.3, -0.25) is 4.79 Å². The van der Waals surface area contributed by atoms with Crippen LogP contribution in [-0.2, 0) is 10.5 Å². The molecule has 0 aliphatic carbocycles. The molecule has 1 N–H and O–H groups in total. The van der Waals surface area contributed by atoms with Gasteiger partial charge < -0.3 is 10.1 Å². The van der Waals surface area contributed by atoms with Gasteiger partial charge in [-0.15, -0.1) is 16.9 Å². The Hall–Kier alpha value is -2.09. The van der Waals surface area contributed by atoms with Gasteiger partial charge in [0, 0.05) is 5.69 Å². The van der Waals surface area contributed by atoms with Crippen LogP contribution in [0.25, 0.3) is 0 Å². The lowest BCUT2D eigenvalue weighted by atomic mass is 10.3. The van der Waals surface area contributed by atoms with E-state index in [4.69, 9.17) is 4.74 Å². The van der Waals surface area contributed by atoms with Crippen molar-refractivity contribution in [2.24, 2.45) is 0 Å². The largest absolute Gasteiger partial charge is 0.494 e. The Morgan fingerprint density at radius 2 is 2.09 bits per heavy atom. The first-order valence-electron chi connectivity index (χ1n) is 7.47. The second kappa shape index (κ2) is 8.52. The fourth-order valence-corrected chi connectivity index (χ4v) is 2.67. The van der Waals surface area contributed by atoms with Gasteiger partial charge in [-0.1, -0.05) is 0 Å². The van der Waals surface area contributed by atoms with Gasteiger partial charge >= 0.3 is 0 Å². The Bertz CT molecular complexity index is 627. The average Bonchev–Trinajstić information content (AvgIpc) is 2.98. The maximum absolute atomic E-state index is 11.9. The van der Waals surface area contributed by atoms with E-state index in [0.29, 0.717) is 18.1 Å². The number of tetrazole rings is 1. The second-order valence-corrected chi connectivity index (χ2v) is 6.12. The molecule has 0 aliphatic rings. The van der Waals surface area contributed by atoms with Crippen molar-refractivity contribution in [1.82, 2.24) is 20.2 Å². The third kappa shape index (κ3) is 5.24. The fraction of sp³-hybridized carbons (Fsp3) is 0.467. The Kier molecular flexibility index (Phi) is 6.40. The molecule has 1 aromatic heterocycles. The number of aromatic nitrogens is 4. The van der Waals surface area contributed by atoms with E-state index in [9.17, 15) is 4.79 Å². The zero-order valence-corrected chi connectivity index (χ0v) is 14.3. The normalized spacial score (nSPS) is 10.8. The van der Waals surface area contributed by atoms with Crippen molar-refractivity contribution in [1.29, 1.82) is 0 Å². The highest BCUT2D eigenvalue weighted by molar-refractivity contribution is 7.99. The number of thioether (sulfide) groups is 1. The van der Waals surface area contributed by atoms with Crippen LogP contribution < -0.4 is 10.1 Å². The van der Waals surface area contributed by atoms with E-state index in [1.165, 1.54) is 11.8 Å². The lowest BCUT2D eigenvalue weighted by molar-refractivity contribution is -0.113. The molecule has 0 spiro atoms. The lowest BCUT2D eigenvalue weighted by Gasteiger charge is -2.08. The van der Waals surface area contributed by atoms with Crippen LogP contribution in [0, 0.1) is 0 Å². The number of benzene rings is 1. The maximum Gasteiger partial charge on any atom is 0.234 e. The summed E-state index contributed by atoms with van der Waals surface area (Å²) in [4.78, 5) is 11.9. The van der Waals surface area contributed by atoms with E-state index in [0.717, 1.165) is 17.3 Å². The first kappa shape index (κ1) is 17.3. The van der Waals surface area contributed by atoms with Crippen LogP contribution in [0.2, 0.25) is 0 Å². The smallest absolute Gasteiger partial charge is 0.234 e.